The molecule has 0 spiro atoms. The molecule has 34 heavy (non-hydrogen) atoms. The number of likely N-dealkylation sites (tertiary alicyclic amines) is 1. The second-order valence-corrected chi connectivity index (χ2v) is 8.96. The van der Waals surface area contributed by atoms with Crippen LogP contribution in [0.5, 0.6) is 0 Å². The molecule has 3 atom stereocenters. The SMILES string of the molecule is N#CCC1(CC2[C@H](C#N)[C@H](n3cc(C(N)=O)c(Nc4ccc(F)cc4)n3)CCN2C(=O)O)CC1. The summed E-state index contributed by atoms with van der Waals surface area (Å²) in [7, 11) is 0. The van der Waals surface area contributed by atoms with Crippen LogP contribution in [0, 0.1) is 39.8 Å². The van der Waals surface area contributed by atoms with E-state index in [1.807, 2.05) is 0 Å². The number of nitrogens with zero attached hydrogens (tertiary/aromatic N) is 5. The molecule has 0 radical (unpaired) electrons. The second-order valence-electron chi connectivity index (χ2n) is 8.96. The van der Waals surface area contributed by atoms with Gasteiger partial charge in [-0.1, -0.05) is 0 Å². The van der Waals surface area contributed by atoms with Crippen LogP contribution >= 0.6 is 0 Å². The average Bonchev–Trinajstić information content (AvgIpc) is 3.42. The van der Waals surface area contributed by atoms with Crippen molar-refractivity contribution in [2.45, 2.75) is 44.2 Å². The Morgan fingerprint density at radius 1 is 1.29 bits per heavy atom. The molecule has 2 heterocycles. The number of anilines is 2. The zero-order valence-corrected chi connectivity index (χ0v) is 18.3. The molecule has 1 aliphatic carbocycles. The van der Waals surface area contributed by atoms with Crippen LogP contribution in [-0.4, -0.2) is 44.4 Å². The van der Waals surface area contributed by atoms with E-state index in [0.717, 1.165) is 12.8 Å². The Kier molecular flexibility index (Phi) is 6.12. The monoisotopic (exact) mass is 465 g/mol. The Labute approximate surface area is 195 Å². The highest BCUT2D eigenvalue weighted by molar-refractivity contribution is 5.98. The zero-order chi connectivity index (χ0) is 24.5. The molecule has 2 fully saturated rings. The Hall–Kier alpha value is -4.12. The number of nitrogens with two attached hydrogens (primary N) is 1. The Balaban J connectivity index is 1.65. The third kappa shape index (κ3) is 4.50. The highest BCUT2D eigenvalue weighted by atomic mass is 19.1. The van der Waals surface area contributed by atoms with Gasteiger partial charge in [0, 0.05) is 24.8 Å². The van der Waals surface area contributed by atoms with Crippen LogP contribution in [0.1, 0.15) is 48.5 Å². The number of halogens is 1. The number of carboxylic acid groups (broad SMARTS) is 1. The van der Waals surface area contributed by atoms with Crippen molar-refractivity contribution in [1.29, 1.82) is 10.5 Å². The zero-order valence-electron chi connectivity index (χ0n) is 18.3. The summed E-state index contributed by atoms with van der Waals surface area (Å²) in [5.41, 5.74) is 5.88. The molecule has 0 bridgehead atoms. The number of hydrogen-bond donors (Lipinski definition) is 3. The molecule has 4 N–H and O–H groups in total. The fraction of sp³-hybridized carbons (Fsp3) is 0.435. The molecule has 176 valence electrons. The molecule has 1 aromatic heterocycles. The first-order chi connectivity index (χ1) is 16.3. The summed E-state index contributed by atoms with van der Waals surface area (Å²) in [5.74, 6) is -1.71. The van der Waals surface area contributed by atoms with Crippen LogP contribution in [0.25, 0.3) is 0 Å². The van der Waals surface area contributed by atoms with Crippen molar-refractivity contribution in [3.63, 3.8) is 0 Å². The van der Waals surface area contributed by atoms with E-state index < -0.39 is 35.8 Å². The number of nitrogens with one attached hydrogen (secondary N) is 1. The van der Waals surface area contributed by atoms with Crippen LogP contribution in [-0.2, 0) is 0 Å². The molecule has 4 rings (SSSR count). The smallest absolute Gasteiger partial charge is 0.407 e. The van der Waals surface area contributed by atoms with Crippen LogP contribution in [0.15, 0.2) is 30.5 Å². The van der Waals surface area contributed by atoms with Gasteiger partial charge in [0.25, 0.3) is 5.91 Å². The molecule has 2 amide bonds. The van der Waals surface area contributed by atoms with E-state index >= 15 is 0 Å². The number of rotatable bonds is 7. The van der Waals surface area contributed by atoms with Crippen molar-refractivity contribution in [3.05, 3.63) is 41.8 Å². The van der Waals surface area contributed by atoms with Gasteiger partial charge in [0.1, 0.15) is 11.4 Å². The number of hydrogen-bond acceptors (Lipinski definition) is 6. The van der Waals surface area contributed by atoms with Gasteiger partial charge in [-0.2, -0.15) is 15.6 Å². The maximum absolute atomic E-state index is 13.2. The van der Waals surface area contributed by atoms with Gasteiger partial charge in [-0.3, -0.25) is 9.48 Å². The number of benzene rings is 1. The minimum atomic E-state index is -1.10. The molecule has 1 saturated carbocycles. The summed E-state index contributed by atoms with van der Waals surface area (Å²) < 4.78 is 14.7. The Morgan fingerprint density at radius 2 is 2.00 bits per heavy atom. The molecule has 1 saturated heterocycles. The third-order valence-electron chi connectivity index (χ3n) is 6.79. The Bertz CT molecular complexity index is 1180. The quantitative estimate of drug-likeness (QED) is 0.564. The predicted octanol–water partition coefficient (Wildman–Crippen LogP) is 3.38. The van der Waals surface area contributed by atoms with E-state index in [9.17, 15) is 29.6 Å². The predicted molar refractivity (Wildman–Crippen MR) is 118 cm³/mol. The van der Waals surface area contributed by atoms with Crippen molar-refractivity contribution >= 4 is 23.5 Å². The highest BCUT2D eigenvalue weighted by Gasteiger charge is 2.50. The summed E-state index contributed by atoms with van der Waals surface area (Å²) in [4.78, 5) is 25.3. The molecule has 11 heteroatoms. The number of nitriles is 2. The molecular weight excluding hydrogens is 441 g/mol. The van der Waals surface area contributed by atoms with Gasteiger partial charge in [-0.25, -0.2) is 9.18 Å². The standard InChI is InChI=1S/C23H24FN7O3/c24-14-1-3-15(4-2-14)28-21-17(20(27)32)13-31(29-21)18-5-10-30(22(33)34)19(16(18)12-26)11-23(6-7-23)8-9-25/h1-4,13,16,18-19H,5-8,10-11H2,(H2,27,32)(H,28,29)(H,33,34)/t16-,18-,19?/m1/s1. The topological polar surface area (TPSA) is 161 Å². The molecule has 2 aliphatic rings. The van der Waals surface area contributed by atoms with E-state index in [-0.39, 0.29) is 23.3 Å². The first kappa shape index (κ1) is 23.1. The van der Waals surface area contributed by atoms with Gasteiger partial charge < -0.3 is 21.1 Å². The van der Waals surface area contributed by atoms with Crippen LogP contribution < -0.4 is 11.1 Å². The van der Waals surface area contributed by atoms with Crippen molar-refractivity contribution in [2.75, 3.05) is 11.9 Å². The Morgan fingerprint density at radius 3 is 2.56 bits per heavy atom. The number of piperidine rings is 1. The van der Waals surface area contributed by atoms with Crippen molar-refractivity contribution < 1.29 is 19.1 Å². The molecule has 1 unspecified atom stereocenters. The lowest BCUT2D eigenvalue weighted by Crippen LogP contribution is -2.52. The van der Waals surface area contributed by atoms with E-state index in [0.29, 0.717) is 24.9 Å². The maximum atomic E-state index is 13.2. The van der Waals surface area contributed by atoms with Crippen LogP contribution in [0.4, 0.5) is 20.7 Å². The maximum Gasteiger partial charge on any atom is 0.407 e. The van der Waals surface area contributed by atoms with E-state index in [2.05, 4.69) is 22.6 Å². The fourth-order valence-electron chi connectivity index (χ4n) is 4.76. The number of aromatic nitrogens is 2. The lowest BCUT2D eigenvalue weighted by molar-refractivity contribution is 0.0535. The van der Waals surface area contributed by atoms with E-state index in [1.54, 1.807) is 0 Å². The van der Waals surface area contributed by atoms with Gasteiger partial charge in [0.05, 0.1) is 30.1 Å². The third-order valence-corrected chi connectivity index (χ3v) is 6.79. The highest BCUT2D eigenvalue weighted by Crippen LogP contribution is 2.54. The van der Waals surface area contributed by atoms with Gasteiger partial charge in [-0.15, -0.1) is 0 Å². The van der Waals surface area contributed by atoms with E-state index in [4.69, 9.17) is 5.73 Å². The van der Waals surface area contributed by atoms with Crippen molar-refractivity contribution in [2.24, 2.45) is 17.1 Å². The summed E-state index contributed by atoms with van der Waals surface area (Å²) in [6.07, 6.45) is 3.07. The lowest BCUT2D eigenvalue weighted by Gasteiger charge is -2.42. The normalized spacial score (nSPS) is 22.9. The second kappa shape index (κ2) is 9.02. The van der Waals surface area contributed by atoms with Gasteiger partial charge in [0.15, 0.2) is 5.82 Å². The fourth-order valence-corrected chi connectivity index (χ4v) is 4.76. The van der Waals surface area contributed by atoms with Crippen LogP contribution in [0.2, 0.25) is 0 Å². The number of amides is 2. The molecule has 1 aliphatic heterocycles. The van der Waals surface area contributed by atoms with Gasteiger partial charge in [-0.05, 0) is 55.4 Å². The molecule has 2 aromatic rings. The van der Waals surface area contributed by atoms with Gasteiger partial charge in [0.2, 0.25) is 0 Å². The molecule has 1 aromatic carbocycles. The van der Waals surface area contributed by atoms with Crippen molar-refractivity contribution in [1.82, 2.24) is 14.7 Å². The lowest BCUT2D eigenvalue weighted by atomic mass is 9.79. The number of carbonyl (C=O) groups excluding carboxylic acids is 1. The summed E-state index contributed by atoms with van der Waals surface area (Å²) >= 11 is 0. The average molecular weight is 465 g/mol. The first-order valence-corrected chi connectivity index (χ1v) is 10.9. The van der Waals surface area contributed by atoms with Crippen molar-refractivity contribution in [3.8, 4) is 12.1 Å². The largest absolute Gasteiger partial charge is 0.465 e. The summed E-state index contributed by atoms with van der Waals surface area (Å²) in [6, 6.07) is 8.85. The minimum absolute atomic E-state index is 0.0985. The van der Waals surface area contributed by atoms with Crippen LogP contribution in [0.3, 0.4) is 0 Å². The van der Waals surface area contributed by atoms with Gasteiger partial charge >= 0.3 is 6.09 Å². The summed E-state index contributed by atoms with van der Waals surface area (Å²) in [6.45, 7) is 0.192. The molecular formula is C23H24FN7O3. The van der Waals surface area contributed by atoms with E-state index in [1.165, 1.54) is 40.0 Å². The first-order valence-electron chi connectivity index (χ1n) is 10.9. The number of carbonyl (C=O) groups is 2. The number of primary amides is 1. The summed E-state index contributed by atoms with van der Waals surface area (Å²) in [5, 5.41) is 36.4. The minimum Gasteiger partial charge on any atom is -0.465 e. The molecule has 10 nitrogen and oxygen atoms in total.